The van der Waals surface area contributed by atoms with Crippen LogP contribution in [0.15, 0.2) is 30.3 Å². The van der Waals surface area contributed by atoms with Crippen LogP contribution in [0.2, 0.25) is 0 Å². The molecule has 0 bridgehead atoms. The zero-order valence-electron chi connectivity index (χ0n) is 12.2. The second-order valence-corrected chi connectivity index (χ2v) is 5.43. The van der Waals surface area contributed by atoms with Gasteiger partial charge in [-0.25, -0.2) is 9.97 Å². The number of rotatable bonds is 4. The molecule has 0 radical (unpaired) electrons. The van der Waals surface area contributed by atoms with Gasteiger partial charge in [0.25, 0.3) is 5.91 Å². The van der Waals surface area contributed by atoms with E-state index in [0.29, 0.717) is 23.4 Å². The van der Waals surface area contributed by atoms with Gasteiger partial charge in [0.2, 0.25) is 0 Å². The number of aryl methyl sites for hydroxylation is 2. The summed E-state index contributed by atoms with van der Waals surface area (Å²) in [6, 6.07) is 10.0. The predicted octanol–water partition coefficient (Wildman–Crippen LogP) is 2.73. The van der Waals surface area contributed by atoms with Crippen molar-refractivity contribution in [2.75, 3.05) is 5.32 Å². The summed E-state index contributed by atoms with van der Waals surface area (Å²) in [5.74, 6) is 1.08. The molecule has 1 aliphatic rings. The molecule has 0 unspecified atom stereocenters. The normalized spacial score (nSPS) is 13.8. The molecular formula is C16H18N4O. The molecule has 1 fully saturated rings. The first-order valence-electron chi connectivity index (χ1n) is 7.10. The van der Waals surface area contributed by atoms with Gasteiger partial charge in [-0.15, -0.1) is 0 Å². The van der Waals surface area contributed by atoms with Crippen molar-refractivity contribution in [2.24, 2.45) is 0 Å². The third kappa shape index (κ3) is 3.56. The van der Waals surface area contributed by atoms with Crippen LogP contribution >= 0.6 is 0 Å². The van der Waals surface area contributed by atoms with Gasteiger partial charge in [0, 0.05) is 17.8 Å². The van der Waals surface area contributed by atoms with Crippen LogP contribution in [0.5, 0.6) is 0 Å². The molecule has 1 saturated carbocycles. The Morgan fingerprint density at radius 3 is 2.71 bits per heavy atom. The lowest BCUT2D eigenvalue weighted by molar-refractivity contribution is 0.0945. The fourth-order valence-corrected chi connectivity index (χ4v) is 2.11. The van der Waals surface area contributed by atoms with E-state index in [1.807, 2.05) is 31.2 Å². The lowest BCUT2D eigenvalue weighted by atomic mass is 10.2. The third-order valence-electron chi connectivity index (χ3n) is 3.27. The van der Waals surface area contributed by atoms with Crippen LogP contribution in [0.3, 0.4) is 0 Å². The first kappa shape index (κ1) is 13.5. The summed E-state index contributed by atoms with van der Waals surface area (Å²) in [7, 11) is 0. The Bertz CT molecular complexity index is 680. The second kappa shape index (κ2) is 5.52. The minimum atomic E-state index is -0.129. The van der Waals surface area contributed by atoms with Crippen LogP contribution in [-0.4, -0.2) is 21.9 Å². The Hall–Kier alpha value is -2.43. The number of amides is 1. The smallest absolute Gasteiger partial charge is 0.270 e. The standard InChI is InChI=1S/C16H18N4O/c1-10-4-3-5-13(8-10)19-15-9-14(17-11(2)18-15)16(21)20-12-6-7-12/h3-5,8-9,12H,6-7H2,1-2H3,(H,20,21)(H,17,18,19). The summed E-state index contributed by atoms with van der Waals surface area (Å²) < 4.78 is 0. The van der Waals surface area contributed by atoms with Crippen LogP contribution in [0.25, 0.3) is 0 Å². The SMILES string of the molecule is Cc1cccc(Nc2cc(C(=O)NC3CC3)nc(C)n2)c1. The number of nitrogens with zero attached hydrogens (tertiary/aromatic N) is 2. The number of nitrogens with one attached hydrogen (secondary N) is 2. The molecule has 1 aliphatic carbocycles. The summed E-state index contributed by atoms with van der Waals surface area (Å²) >= 11 is 0. The minimum absolute atomic E-state index is 0.129. The van der Waals surface area contributed by atoms with E-state index in [1.165, 1.54) is 0 Å². The minimum Gasteiger partial charge on any atom is -0.348 e. The fourth-order valence-electron chi connectivity index (χ4n) is 2.11. The molecule has 2 aromatic rings. The van der Waals surface area contributed by atoms with Crippen molar-refractivity contribution in [3.8, 4) is 0 Å². The van der Waals surface area contributed by atoms with E-state index in [4.69, 9.17) is 0 Å². The van der Waals surface area contributed by atoms with Crippen LogP contribution in [0.4, 0.5) is 11.5 Å². The Morgan fingerprint density at radius 2 is 2.00 bits per heavy atom. The van der Waals surface area contributed by atoms with Gasteiger partial charge >= 0.3 is 0 Å². The Balaban J connectivity index is 1.81. The van der Waals surface area contributed by atoms with E-state index in [0.717, 1.165) is 24.1 Å². The third-order valence-corrected chi connectivity index (χ3v) is 3.27. The molecular weight excluding hydrogens is 264 g/mol. The zero-order chi connectivity index (χ0) is 14.8. The summed E-state index contributed by atoms with van der Waals surface area (Å²) in [5.41, 5.74) is 2.52. The highest BCUT2D eigenvalue weighted by Crippen LogP contribution is 2.20. The van der Waals surface area contributed by atoms with Gasteiger partial charge in [-0.1, -0.05) is 12.1 Å². The Kier molecular flexibility index (Phi) is 3.56. The molecule has 108 valence electrons. The molecule has 1 heterocycles. The molecule has 1 aromatic heterocycles. The first-order valence-corrected chi connectivity index (χ1v) is 7.10. The Morgan fingerprint density at radius 1 is 1.19 bits per heavy atom. The molecule has 5 nitrogen and oxygen atoms in total. The lowest BCUT2D eigenvalue weighted by Crippen LogP contribution is -2.26. The van der Waals surface area contributed by atoms with Crippen molar-refractivity contribution >= 4 is 17.4 Å². The van der Waals surface area contributed by atoms with Crippen LogP contribution < -0.4 is 10.6 Å². The zero-order valence-corrected chi connectivity index (χ0v) is 12.2. The number of benzene rings is 1. The van der Waals surface area contributed by atoms with Crippen LogP contribution in [-0.2, 0) is 0 Å². The highest BCUT2D eigenvalue weighted by Gasteiger charge is 2.24. The lowest BCUT2D eigenvalue weighted by Gasteiger charge is -2.09. The number of carbonyl (C=O) groups excluding carboxylic acids is 1. The fraction of sp³-hybridized carbons (Fsp3) is 0.312. The first-order chi connectivity index (χ1) is 10.1. The number of carbonyl (C=O) groups is 1. The van der Waals surface area contributed by atoms with Gasteiger partial charge in [0.15, 0.2) is 0 Å². The van der Waals surface area contributed by atoms with Crippen molar-refractivity contribution in [3.05, 3.63) is 47.4 Å². The van der Waals surface area contributed by atoms with Gasteiger partial charge in [-0.3, -0.25) is 4.79 Å². The van der Waals surface area contributed by atoms with Crippen LogP contribution in [0.1, 0.15) is 34.7 Å². The number of hydrogen-bond acceptors (Lipinski definition) is 4. The van der Waals surface area contributed by atoms with Gasteiger partial charge in [0.05, 0.1) is 0 Å². The molecule has 1 amide bonds. The van der Waals surface area contributed by atoms with E-state index in [-0.39, 0.29) is 5.91 Å². The number of aromatic nitrogens is 2. The largest absolute Gasteiger partial charge is 0.348 e. The van der Waals surface area contributed by atoms with Gasteiger partial charge in [-0.2, -0.15) is 0 Å². The topological polar surface area (TPSA) is 66.9 Å². The van der Waals surface area contributed by atoms with Crippen molar-refractivity contribution in [1.82, 2.24) is 15.3 Å². The molecule has 1 aromatic carbocycles. The summed E-state index contributed by atoms with van der Waals surface area (Å²) in [6.45, 7) is 3.82. The highest BCUT2D eigenvalue weighted by molar-refractivity contribution is 5.93. The summed E-state index contributed by atoms with van der Waals surface area (Å²) in [6.07, 6.45) is 2.12. The molecule has 5 heteroatoms. The van der Waals surface area contributed by atoms with E-state index < -0.39 is 0 Å². The van der Waals surface area contributed by atoms with Crippen molar-refractivity contribution < 1.29 is 4.79 Å². The van der Waals surface area contributed by atoms with Crippen molar-refractivity contribution in [3.63, 3.8) is 0 Å². The van der Waals surface area contributed by atoms with Crippen LogP contribution in [0, 0.1) is 13.8 Å². The monoisotopic (exact) mass is 282 g/mol. The predicted molar refractivity (Wildman–Crippen MR) is 81.7 cm³/mol. The number of anilines is 2. The molecule has 0 saturated heterocycles. The van der Waals surface area contributed by atoms with Gasteiger partial charge in [0.1, 0.15) is 17.3 Å². The molecule has 21 heavy (non-hydrogen) atoms. The molecule has 0 atom stereocenters. The maximum atomic E-state index is 12.1. The van der Waals surface area contributed by atoms with Crippen molar-refractivity contribution in [2.45, 2.75) is 32.7 Å². The molecule has 0 aliphatic heterocycles. The maximum absolute atomic E-state index is 12.1. The summed E-state index contributed by atoms with van der Waals surface area (Å²) in [4.78, 5) is 20.6. The maximum Gasteiger partial charge on any atom is 0.270 e. The highest BCUT2D eigenvalue weighted by atomic mass is 16.2. The number of hydrogen-bond donors (Lipinski definition) is 2. The van der Waals surface area contributed by atoms with E-state index in [2.05, 4.69) is 20.6 Å². The van der Waals surface area contributed by atoms with Gasteiger partial charge < -0.3 is 10.6 Å². The average molecular weight is 282 g/mol. The molecule has 0 spiro atoms. The molecule has 3 rings (SSSR count). The molecule has 2 N–H and O–H groups in total. The second-order valence-electron chi connectivity index (χ2n) is 5.43. The van der Waals surface area contributed by atoms with E-state index >= 15 is 0 Å². The Labute approximate surface area is 123 Å². The van der Waals surface area contributed by atoms with E-state index in [1.54, 1.807) is 13.0 Å². The van der Waals surface area contributed by atoms with Crippen molar-refractivity contribution in [1.29, 1.82) is 0 Å². The van der Waals surface area contributed by atoms with Gasteiger partial charge in [-0.05, 0) is 44.4 Å². The quantitative estimate of drug-likeness (QED) is 0.905. The average Bonchev–Trinajstić information content (AvgIpc) is 3.22. The summed E-state index contributed by atoms with van der Waals surface area (Å²) in [5, 5.41) is 6.16. The van der Waals surface area contributed by atoms with E-state index in [9.17, 15) is 4.79 Å².